The number of anilines is 1. The van der Waals surface area contributed by atoms with E-state index in [1.165, 1.54) is 12.3 Å². The second kappa shape index (κ2) is 5.03. The van der Waals surface area contributed by atoms with Gasteiger partial charge in [0, 0.05) is 39.3 Å². The van der Waals surface area contributed by atoms with E-state index in [0.29, 0.717) is 32.0 Å². The molecule has 0 spiro atoms. The van der Waals surface area contributed by atoms with Gasteiger partial charge in [-0.3, -0.25) is 4.79 Å². The van der Waals surface area contributed by atoms with Crippen LogP contribution < -0.4 is 4.90 Å². The molecular weight excluding hydrogens is 234 g/mol. The van der Waals surface area contributed by atoms with Gasteiger partial charge in [-0.2, -0.15) is 0 Å². The van der Waals surface area contributed by atoms with Gasteiger partial charge >= 0.3 is 5.97 Å². The average molecular weight is 249 g/mol. The van der Waals surface area contributed by atoms with E-state index in [0.717, 1.165) is 0 Å². The summed E-state index contributed by atoms with van der Waals surface area (Å²) in [7, 11) is 0. The molecule has 1 amide bonds. The summed E-state index contributed by atoms with van der Waals surface area (Å²) in [6.07, 6.45) is 1.50. The number of nitrogens with zero attached hydrogens (tertiary/aromatic N) is 3. The molecule has 1 aromatic heterocycles. The molecule has 1 N–H and O–H groups in total. The first-order chi connectivity index (χ1) is 8.58. The second-order valence-electron chi connectivity index (χ2n) is 4.20. The molecule has 96 valence electrons. The minimum absolute atomic E-state index is 0.0712. The van der Waals surface area contributed by atoms with Crippen LogP contribution in [0.3, 0.4) is 0 Å². The van der Waals surface area contributed by atoms with Crippen LogP contribution in [0.25, 0.3) is 0 Å². The molecule has 0 saturated carbocycles. The van der Waals surface area contributed by atoms with Crippen LogP contribution in [0.2, 0.25) is 0 Å². The highest BCUT2D eigenvalue weighted by Gasteiger charge is 2.20. The van der Waals surface area contributed by atoms with Crippen LogP contribution in [-0.2, 0) is 4.79 Å². The number of carbonyl (C=O) groups excluding carboxylic acids is 1. The first-order valence-corrected chi connectivity index (χ1v) is 5.78. The molecular formula is C12H15N3O3. The fourth-order valence-corrected chi connectivity index (χ4v) is 1.97. The van der Waals surface area contributed by atoms with E-state index in [1.807, 2.05) is 4.90 Å². The van der Waals surface area contributed by atoms with Gasteiger partial charge in [-0.15, -0.1) is 0 Å². The number of piperazine rings is 1. The monoisotopic (exact) mass is 249 g/mol. The number of aromatic carboxylic acids is 1. The quantitative estimate of drug-likeness (QED) is 0.823. The molecule has 2 rings (SSSR count). The minimum atomic E-state index is -0.957. The van der Waals surface area contributed by atoms with Gasteiger partial charge < -0.3 is 14.9 Å². The van der Waals surface area contributed by atoms with Gasteiger partial charge in [0.15, 0.2) is 0 Å². The smallest absolute Gasteiger partial charge is 0.335 e. The zero-order valence-electron chi connectivity index (χ0n) is 10.2. The number of amides is 1. The lowest BCUT2D eigenvalue weighted by Crippen LogP contribution is -2.48. The maximum absolute atomic E-state index is 11.2. The van der Waals surface area contributed by atoms with E-state index in [9.17, 15) is 9.59 Å². The highest BCUT2D eigenvalue weighted by molar-refractivity contribution is 5.88. The molecule has 6 heteroatoms. The molecule has 1 saturated heterocycles. The molecule has 1 aromatic rings. The van der Waals surface area contributed by atoms with Crippen LogP contribution in [-0.4, -0.2) is 53.0 Å². The van der Waals surface area contributed by atoms with Crippen molar-refractivity contribution >= 4 is 17.7 Å². The van der Waals surface area contributed by atoms with E-state index >= 15 is 0 Å². The van der Waals surface area contributed by atoms with Crippen LogP contribution in [0.5, 0.6) is 0 Å². The van der Waals surface area contributed by atoms with Crippen molar-refractivity contribution < 1.29 is 14.7 Å². The van der Waals surface area contributed by atoms with Gasteiger partial charge in [-0.1, -0.05) is 0 Å². The number of aromatic nitrogens is 1. The molecule has 0 aliphatic carbocycles. The molecule has 1 aliphatic rings. The summed E-state index contributed by atoms with van der Waals surface area (Å²) < 4.78 is 0. The Labute approximate surface area is 105 Å². The fraction of sp³-hybridized carbons (Fsp3) is 0.417. The normalized spacial score (nSPS) is 15.6. The Morgan fingerprint density at radius 3 is 2.50 bits per heavy atom. The summed E-state index contributed by atoms with van der Waals surface area (Å²) in [4.78, 5) is 30.0. The van der Waals surface area contributed by atoms with E-state index < -0.39 is 5.97 Å². The fourth-order valence-electron chi connectivity index (χ4n) is 1.97. The molecule has 1 aliphatic heterocycles. The first kappa shape index (κ1) is 12.3. The number of carboxylic acid groups (broad SMARTS) is 1. The summed E-state index contributed by atoms with van der Waals surface area (Å²) in [6.45, 7) is 4.20. The van der Waals surface area contributed by atoms with Gasteiger partial charge in [-0.25, -0.2) is 9.78 Å². The highest BCUT2D eigenvalue weighted by Crippen LogP contribution is 2.15. The lowest BCUT2D eigenvalue weighted by Gasteiger charge is -2.34. The summed E-state index contributed by atoms with van der Waals surface area (Å²) in [6, 6.07) is 3.03. The number of rotatable bonds is 2. The maximum Gasteiger partial charge on any atom is 0.335 e. The Kier molecular flexibility index (Phi) is 3.45. The SMILES string of the molecule is CC(=O)N1CCN(c2cc(C(=O)O)ccn2)CC1. The van der Waals surface area contributed by atoms with Crippen molar-refractivity contribution in [3.63, 3.8) is 0 Å². The molecule has 2 heterocycles. The number of carbonyl (C=O) groups is 2. The zero-order chi connectivity index (χ0) is 13.1. The van der Waals surface area contributed by atoms with Gasteiger partial charge in [0.05, 0.1) is 5.56 Å². The van der Waals surface area contributed by atoms with Crippen LogP contribution in [0.1, 0.15) is 17.3 Å². The summed E-state index contributed by atoms with van der Waals surface area (Å²) in [5.41, 5.74) is 0.231. The van der Waals surface area contributed by atoms with Crippen LogP contribution >= 0.6 is 0 Å². The highest BCUT2D eigenvalue weighted by atomic mass is 16.4. The Bertz CT molecular complexity index is 467. The minimum Gasteiger partial charge on any atom is -0.478 e. The predicted molar refractivity (Wildman–Crippen MR) is 65.7 cm³/mol. The topological polar surface area (TPSA) is 73.7 Å². The Morgan fingerprint density at radius 2 is 1.94 bits per heavy atom. The Hall–Kier alpha value is -2.11. The third-order valence-corrected chi connectivity index (χ3v) is 3.04. The number of hydrogen-bond donors (Lipinski definition) is 1. The molecule has 0 radical (unpaired) electrons. The number of carboxylic acids is 1. The van der Waals surface area contributed by atoms with Crippen LogP contribution in [0.15, 0.2) is 18.3 Å². The molecule has 18 heavy (non-hydrogen) atoms. The van der Waals surface area contributed by atoms with Crippen molar-refractivity contribution in [1.82, 2.24) is 9.88 Å². The van der Waals surface area contributed by atoms with Gasteiger partial charge in [0.25, 0.3) is 0 Å². The third-order valence-electron chi connectivity index (χ3n) is 3.04. The lowest BCUT2D eigenvalue weighted by molar-refractivity contribution is -0.129. The molecule has 0 unspecified atom stereocenters. The van der Waals surface area contributed by atoms with Gasteiger partial charge in [0.2, 0.25) is 5.91 Å². The van der Waals surface area contributed by atoms with E-state index in [2.05, 4.69) is 4.98 Å². The third kappa shape index (κ3) is 2.58. The number of hydrogen-bond acceptors (Lipinski definition) is 4. The van der Waals surface area contributed by atoms with Crippen molar-refractivity contribution in [3.8, 4) is 0 Å². The van der Waals surface area contributed by atoms with Crippen molar-refractivity contribution in [2.45, 2.75) is 6.92 Å². The number of pyridine rings is 1. The van der Waals surface area contributed by atoms with Crippen molar-refractivity contribution in [3.05, 3.63) is 23.9 Å². The first-order valence-electron chi connectivity index (χ1n) is 5.78. The van der Waals surface area contributed by atoms with E-state index in [1.54, 1.807) is 17.9 Å². The van der Waals surface area contributed by atoms with Crippen LogP contribution in [0, 0.1) is 0 Å². The van der Waals surface area contributed by atoms with Crippen molar-refractivity contribution in [1.29, 1.82) is 0 Å². The summed E-state index contributed by atoms with van der Waals surface area (Å²) in [5, 5.41) is 8.92. The molecule has 6 nitrogen and oxygen atoms in total. The van der Waals surface area contributed by atoms with Crippen molar-refractivity contribution in [2.24, 2.45) is 0 Å². The zero-order valence-corrected chi connectivity index (χ0v) is 10.2. The summed E-state index contributed by atoms with van der Waals surface area (Å²) >= 11 is 0. The lowest BCUT2D eigenvalue weighted by atomic mass is 10.2. The molecule has 0 atom stereocenters. The average Bonchev–Trinajstić information content (AvgIpc) is 2.39. The van der Waals surface area contributed by atoms with Crippen molar-refractivity contribution in [2.75, 3.05) is 31.1 Å². The Balaban J connectivity index is 2.07. The van der Waals surface area contributed by atoms with E-state index in [4.69, 9.17) is 5.11 Å². The molecule has 1 fully saturated rings. The Morgan fingerprint density at radius 1 is 1.28 bits per heavy atom. The van der Waals surface area contributed by atoms with Gasteiger partial charge in [0.1, 0.15) is 5.82 Å². The summed E-state index contributed by atoms with van der Waals surface area (Å²) in [5.74, 6) is -0.235. The molecule has 0 bridgehead atoms. The maximum atomic E-state index is 11.2. The molecule has 0 aromatic carbocycles. The second-order valence-corrected chi connectivity index (χ2v) is 4.20. The predicted octanol–water partition coefficient (Wildman–Crippen LogP) is 0.448. The standard InChI is InChI=1S/C12H15N3O3/c1-9(16)14-4-6-15(7-5-14)11-8-10(12(17)18)2-3-13-11/h2-3,8H,4-7H2,1H3,(H,17,18). The van der Waals surface area contributed by atoms with Crippen LogP contribution in [0.4, 0.5) is 5.82 Å². The van der Waals surface area contributed by atoms with E-state index in [-0.39, 0.29) is 11.5 Å². The van der Waals surface area contributed by atoms with Gasteiger partial charge in [-0.05, 0) is 12.1 Å². The largest absolute Gasteiger partial charge is 0.478 e.